The average molecular weight is 320 g/mol. The highest BCUT2D eigenvalue weighted by Gasteiger charge is 2.29. The topological polar surface area (TPSA) is 43.8 Å². The molecule has 2 aromatic rings. The molecule has 1 saturated carbocycles. The molecule has 3 nitrogen and oxygen atoms in total. The fraction of sp³-hybridized carbons (Fsp3) is 0.400. The number of hydrogen-bond acceptors (Lipinski definition) is 2. The Balaban J connectivity index is 2.08. The van der Waals surface area contributed by atoms with Crippen LogP contribution in [-0.2, 0) is 6.42 Å². The molecule has 100 valence electrons. The van der Waals surface area contributed by atoms with Gasteiger partial charge in [-0.15, -0.1) is 0 Å². The molecule has 4 heteroatoms. The molecule has 1 aromatic heterocycles. The van der Waals surface area contributed by atoms with E-state index in [0.717, 1.165) is 40.2 Å². The molecule has 0 aliphatic heterocycles. The van der Waals surface area contributed by atoms with Gasteiger partial charge >= 0.3 is 0 Å². The van der Waals surface area contributed by atoms with Crippen molar-refractivity contribution in [3.63, 3.8) is 0 Å². The van der Waals surface area contributed by atoms with Gasteiger partial charge in [0.2, 0.25) is 0 Å². The first kappa shape index (κ1) is 12.7. The second-order valence-corrected chi connectivity index (χ2v) is 6.04. The van der Waals surface area contributed by atoms with Gasteiger partial charge in [0.05, 0.1) is 0 Å². The van der Waals surface area contributed by atoms with E-state index in [2.05, 4.69) is 39.6 Å². The third kappa shape index (κ3) is 2.41. The van der Waals surface area contributed by atoms with Crippen molar-refractivity contribution in [1.29, 1.82) is 0 Å². The lowest BCUT2D eigenvalue weighted by atomic mass is 10.1. The van der Waals surface area contributed by atoms with E-state index < -0.39 is 0 Å². The summed E-state index contributed by atoms with van der Waals surface area (Å²) in [5.74, 6) is 1.96. The molecule has 0 saturated heterocycles. The van der Waals surface area contributed by atoms with Crippen molar-refractivity contribution >= 4 is 21.7 Å². The Morgan fingerprint density at radius 1 is 1.42 bits per heavy atom. The third-order valence-corrected chi connectivity index (χ3v) is 4.00. The maximum Gasteiger partial charge on any atom is 0.131 e. The Kier molecular flexibility index (Phi) is 3.35. The van der Waals surface area contributed by atoms with Crippen molar-refractivity contribution in [2.75, 3.05) is 5.73 Å². The molecule has 19 heavy (non-hydrogen) atoms. The smallest absolute Gasteiger partial charge is 0.131 e. The number of rotatable bonds is 4. The van der Waals surface area contributed by atoms with Crippen LogP contribution in [0.1, 0.15) is 38.1 Å². The van der Waals surface area contributed by atoms with Crippen LogP contribution in [0.5, 0.6) is 0 Å². The van der Waals surface area contributed by atoms with Gasteiger partial charge in [-0.05, 0) is 31.4 Å². The van der Waals surface area contributed by atoms with Crippen molar-refractivity contribution in [3.8, 4) is 11.3 Å². The molecule has 1 aliphatic rings. The zero-order valence-corrected chi connectivity index (χ0v) is 12.7. The van der Waals surface area contributed by atoms with Gasteiger partial charge in [-0.2, -0.15) is 0 Å². The van der Waals surface area contributed by atoms with Crippen molar-refractivity contribution in [3.05, 3.63) is 34.6 Å². The minimum Gasteiger partial charge on any atom is -0.383 e. The average Bonchev–Trinajstić information content (AvgIpc) is 3.16. The summed E-state index contributed by atoms with van der Waals surface area (Å²) in [5, 5.41) is 0. The maximum atomic E-state index is 6.34. The fourth-order valence-corrected chi connectivity index (χ4v) is 2.88. The van der Waals surface area contributed by atoms with Crippen LogP contribution in [0.15, 0.2) is 28.7 Å². The number of halogens is 1. The number of hydrogen-bond donors (Lipinski definition) is 1. The van der Waals surface area contributed by atoms with E-state index in [4.69, 9.17) is 10.7 Å². The van der Waals surface area contributed by atoms with Crippen LogP contribution in [0, 0.1) is 0 Å². The molecule has 0 unspecified atom stereocenters. The highest BCUT2D eigenvalue weighted by atomic mass is 79.9. The molecule has 1 aliphatic carbocycles. The Hall–Kier alpha value is -1.29. The van der Waals surface area contributed by atoms with E-state index in [1.165, 1.54) is 12.8 Å². The zero-order chi connectivity index (χ0) is 13.4. The fourth-order valence-electron chi connectivity index (χ4n) is 2.48. The first-order valence-corrected chi connectivity index (χ1v) is 7.62. The van der Waals surface area contributed by atoms with E-state index in [1.54, 1.807) is 0 Å². The van der Waals surface area contributed by atoms with Gasteiger partial charge in [0, 0.05) is 22.5 Å². The number of anilines is 1. The SMILES string of the molecule is CCCc1nc(-c2cccc(Br)c2)c(N)n1C1CC1. The van der Waals surface area contributed by atoms with Crippen LogP contribution in [0.4, 0.5) is 5.82 Å². The number of nitrogens with zero attached hydrogens (tertiary/aromatic N) is 2. The Bertz CT molecular complexity index is 599. The first-order valence-electron chi connectivity index (χ1n) is 6.83. The van der Waals surface area contributed by atoms with E-state index >= 15 is 0 Å². The number of nitrogen functional groups attached to an aromatic ring is 1. The predicted octanol–water partition coefficient (Wildman–Crippen LogP) is 4.18. The number of nitrogens with two attached hydrogens (primary N) is 1. The molecule has 0 bridgehead atoms. The van der Waals surface area contributed by atoms with Crippen LogP contribution < -0.4 is 5.73 Å². The summed E-state index contributed by atoms with van der Waals surface area (Å²) in [6.45, 7) is 2.18. The van der Waals surface area contributed by atoms with Crippen molar-refractivity contribution in [2.24, 2.45) is 0 Å². The second kappa shape index (κ2) is 5.00. The van der Waals surface area contributed by atoms with Crippen molar-refractivity contribution < 1.29 is 0 Å². The monoisotopic (exact) mass is 319 g/mol. The van der Waals surface area contributed by atoms with Crippen LogP contribution >= 0.6 is 15.9 Å². The number of aryl methyl sites for hydroxylation is 1. The molecule has 3 rings (SSSR count). The van der Waals surface area contributed by atoms with E-state index in [-0.39, 0.29) is 0 Å². The Morgan fingerprint density at radius 2 is 2.21 bits per heavy atom. The summed E-state index contributed by atoms with van der Waals surface area (Å²) in [7, 11) is 0. The normalized spacial score (nSPS) is 14.8. The van der Waals surface area contributed by atoms with Gasteiger partial charge in [-0.25, -0.2) is 4.98 Å². The largest absolute Gasteiger partial charge is 0.383 e. The highest BCUT2D eigenvalue weighted by molar-refractivity contribution is 9.10. The van der Waals surface area contributed by atoms with Crippen LogP contribution in [0.2, 0.25) is 0 Å². The molecule has 2 N–H and O–H groups in total. The lowest BCUT2D eigenvalue weighted by Gasteiger charge is -2.07. The molecular formula is C15H18BrN3. The Labute approximate surface area is 122 Å². The van der Waals surface area contributed by atoms with Gasteiger partial charge in [0.1, 0.15) is 17.3 Å². The molecular weight excluding hydrogens is 302 g/mol. The minimum atomic E-state index is 0.579. The quantitative estimate of drug-likeness (QED) is 0.918. The van der Waals surface area contributed by atoms with E-state index in [9.17, 15) is 0 Å². The van der Waals surface area contributed by atoms with E-state index in [1.807, 2.05) is 12.1 Å². The van der Waals surface area contributed by atoms with Crippen LogP contribution in [0.25, 0.3) is 11.3 Å². The summed E-state index contributed by atoms with van der Waals surface area (Å²) >= 11 is 3.51. The summed E-state index contributed by atoms with van der Waals surface area (Å²) in [6, 6.07) is 8.76. The van der Waals surface area contributed by atoms with Gasteiger partial charge in [0.25, 0.3) is 0 Å². The standard InChI is InChI=1S/C15H18BrN3/c1-2-4-13-18-14(10-5-3-6-11(16)9-10)15(17)19(13)12-7-8-12/h3,5-6,9,12H,2,4,7-8,17H2,1H3. The number of aromatic nitrogens is 2. The Morgan fingerprint density at radius 3 is 2.84 bits per heavy atom. The molecule has 0 atom stereocenters. The second-order valence-electron chi connectivity index (χ2n) is 5.12. The lowest BCUT2D eigenvalue weighted by Crippen LogP contribution is -2.05. The molecule has 0 radical (unpaired) electrons. The summed E-state index contributed by atoms with van der Waals surface area (Å²) in [4.78, 5) is 4.79. The molecule has 1 heterocycles. The highest BCUT2D eigenvalue weighted by Crippen LogP contribution is 2.41. The van der Waals surface area contributed by atoms with E-state index in [0.29, 0.717) is 6.04 Å². The maximum absolute atomic E-state index is 6.34. The van der Waals surface area contributed by atoms with Gasteiger partial charge in [-0.3, -0.25) is 0 Å². The predicted molar refractivity (Wildman–Crippen MR) is 82.0 cm³/mol. The first-order chi connectivity index (χ1) is 9.20. The minimum absolute atomic E-state index is 0.579. The van der Waals surface area contributed by atoms with Crippen LogP contribution in [-0.4, -0.2) is 9.55 Å². The van der Waals surface area contributed by atoms with Gasteiger partial charge in [0.15, 0.2) is 0 Å². The summed E-state index contributed by atoms with van der Waals surface area (Å²) < 4.78 is 3.31. The molecule has 1 aromatic carbocycles. The van der Waals surface area contributed by atoms with Gasteiger partial charge in [-0.1, -0.05) is 35.0 Å². The van der Waals surface area contributed by atoms with Crippen LogP contribution in [0.3, 0.4) is 0 Å². The van der Waals surface area contributed by atoms with Crippen molar-refractivity contribution in [2.45, 2.75) is 38.6 Å². The molecule has 0 amide bonds. The van der Waals surface area contributed by atoms with Gasteiger partial charge < -0.3 is 10.3 Å². The third-order valence-electron chi connectivity index (χ3n) is 3.50. The summed E-state index contributed by atoms with van der Waals surface area (Å²) in [6.07, 6.45) is 4.56. The molecule has 1 fully saturated rings. The number of imidazole rings is 1. The van der Waals surface area contributed by atoms with Crippen molar-refractivity contribution in [1.82, 2.24) is 9.55 Å². The zero-order valence-electron chi connectivity index (χ0n) is 11.1. The summed E-state index contributed by atoms with van der Waals surface area (Å²) in [5.41, 5.74) is 8.36. The molecule has 0 spiro atoms. The lowest BCUT2D eigenvalue weighted by molar-refractivity contribution is 0.676. The number of benzene rings is 1.